The van der Waals surface area contributed by atoms with Crippen LogP contribution in [0, 0.1) is 14.3 Å². The second-order valence-electron chi connectivity index (χ2n) is 7.15. The largest absolute Gasteiger partial charge is 0.506 e. The molecule has 0 heterocycles. The minimum atomic E-state index is -0.979. The van der Waals surface area contributed by atoms with Gasteiger partial charge in [0, 0.05) is 6.42 Å². The number of halogens is 4. The molecular formula is C19H19I4NO5. The molecule has 0 aliphatic carbocycles. The van der Waals surface area contributed by atoms with Crippen molar-refractivity contribution in [3.8, 4) is 17.2 Å². The summed E-state index contributed by atoms with van der Waals surface area (Å²) in [6.45, 7) is 5.55. The molecule has 29 heavy (non-hydrogen) atoms. The van der Waals surface area contributed by atoms with Gasteiger partial charge in [-0.15, -0.1) is 0 Å². The van der Waals surface area contributed by atoms with Crippen molar-refractivity contribution >= 4 is 96.3 Å². The van der Waals surface area contributed by atoms with E-state index in [-0.39, 0.29) is 12.2 Å². The van der Waals surface area contributed by atoms with Gasteiger partial charge in [-0.05, 0) is 141 Å². The van der Waals surface area contributed by atoms with Gasteiger partial charge in [-0.3, -0.25) is 9.63 Å². The summed E-state index contributed by atoms with van der Waals surface area (Å²) in [7, 11) is 0. The quantitative estimate of drug-likeness (QED) is 0.237. The molecule has 0 aliphatic heterocycles. The Kier molecular flexibility index (Phi) is 9.52. The highest BCUT2D eigenvalue weighted by atomic mass is 127. The van der Waals surface area contributed by atoms with E-state index in [0.29, 0.717) is 18.6 Å². The third kappa shape index (κ3) is 7.76. The number of phenolic OH excluding ortho intramolecular Hbond substituents is 1. The Bertz CT molecular complexity index is 868. The topological polar surface area (TPSA) is 88.0 Å². The maximum atomic E-state index is 11.6. The summed E-state index contributed by atoms with van der Waals surface area (Å²) in [5.74, 6) is 0.581. The Labute approximate surface area is 224 Å². The van der Waals surface area contributed by atoms with E-state index in [4.69, 9.17) is 9.57 Å². The third-order valence-corrected chi connectivity index (χ3v) is 6.76. The Morgan fingerprint density at radius 3 is 2.00 bits per heavy atom. The summed E-state index contributed by atoms with van der Waals surface area (Å²) in [4.78, 5) is 17.0. The average Bonchev–Trinajstić information content (AvgIpc) is 2.58. The van der Waals surface area contributed by atoms with Gasteiger partial charge in [-0.25, -0.2) is 0 Å². The van der Waals surface area contributed by atoms with Crippen LogP contribution in [0.2, 0.25) is 0 Å². The van der Waals surface area contributed by atoms with Gasteiger partial charge in [0.1, 0.15) is 17.5 Å². The van der Waals surface area contributed by atoms with Crippen molar-refractivity contribution in [2.75, 3.05) is 0 Å². The molecule has 0 aromatic heterocycles. The monoisotopic (exact) mass is 849 g/mol. The minimum absolute atomic E-state index is 0.239. The van der Waals surface area contributed by atoms with E-state index in [1.807, 2.05) is 32.9 Å². The van der Waals surface area contributed by atoms with E-state index in [2.05, 4.69) is 95.8 Å². The standard InChI is InChI=1S/C19H19I4NO5/c1-19(2,3)29-24-15(18(26)27)6-9-4-13(22)17(14(23)5-9)28-10-7-11(20)16(25)12(21)8-10/h4-5,7-8,15,24-25H,6H2,1-3H3,(H,26,27)/t15-/m0/s1. The van der Waals surface area contributed by atoms with E-state index in [1.165, 1.54) is 0 Å². The summed E-state index contributed by atoms with van der Waals surface area (Å²) in [5.41, 5.74) is 3.02. The molecule has 0 bridgehead atoms. The number of ether oxygens (including phenoxy) is 1. The number of rotatable bonds is 7. The lowest BCUT2D eigenvalue weighted by atomic mass is 10.1. The molecule has 6 nitrogen and oxygen atoms in total. The van der Waals surface area contributed by atoms with Crippen molar-refractivity contribution in [1.29, 1.82) is 0 Å². The molecule has 1 atom stereocenters. The molecule has 0 fully saturated rings. The molecule has 2 aromatic rings. The van der Waals surface area contributed by atoms with Crippen LogP contribution in [-0.4, -0.2) is 27.8 Å². The second kappa shape index (κ2) is 10.8. The first-order valence-electron chi connectivity index (χ1n) is 8.37. The molecule has 0 spiro atoms. The Morgan fingerprint density at radius 1 is 1.03 bits per heavy atom. The second-order valence-corrected chi connectivity index (χ2v) is 11.8. The van der Waals surface area contributed by atoms with Gasteiger partial charge in [0.2, 0.25) is 0 Å². The SMILES string of the molecule is CC(C)(C)ON[C@@H](Cc1cc(I)c(Oc2cc(I)c(O)c(I)c2)c(I)c1)C(=O)O. The zero-order chi connectivity index (χ0) is 21.9. The lowest BCUT2D eigenvalue weighted by molar-refractivity contribution is -0.150. The van der Waals surface area contributed by atoms with Crippen molar-refractivity contribution in [2.45, 2.75) is 38.8 Å². The van der Waals surface area contributed by atoms with Crippen molar-refractivity contribution < 1.29 is 24.6 Å². The number of carboxylic acids is 1. The lowest BCUT2D eigenvalue weighted by Gasteiger charge is -2.23. The number of hydrogen-bond donors (Lipinski definition) is 3. The Hall–Kier alpha value is 0.350. The van der Waals surface area contributed by atoms with Crippen LogP contribution in [0.4, 0.5) is 0 Å². The van der Waals surface area contributed by atoms with Crippen LogP contribution in [0.15, 0.2) is 24.3 Å². The van der Waals surface area contributed by atoms with Crippen molar-refractivity contribution in [2.24, 2.45) is 0 Å². The molecule has 0 amide bonds. The number of aromatic hydroxyl groups is 1. The van der Waals surface area contributed by atoms with Crippen molar-refractivity contribution in [1.82, 2.24) is 5.48 Å². The fraction of sp³-hybridized carbons (Fsp3) is 0.316. The first-order chi connectivity index (χ1) is 13.4. The van der Waals surface area contributed by atoms with Gasteiger partial charge < -0.3 is 14.9 Å². The molecule has 2 rings (SSSR count). The summed E-state index contributed by atoms with van der Waals surface area (Å²) in [5, 5.41) is 19.4. The zero-order valence-electron chi connectivity index (χ0n) is 15.7. The molecule has 2 aromatic carbocycles. The van der Waals surface area contributed by atoms with E-state index in [0.717, 1.165) is 12.7 Å². The average molecular weight is 849 g/mol. The summed E-state index contributed by atoms with van der Waals surface area (Å²) in [6, 6.07) is 6.48. The van der Waals surface area contributed by atoms with Crippen LogP contribution in [0.5, 0.6) is 17.2 Å². The van der Waals surface area contributed by atoms with Gasteiger partial charge in [-0.2, -0.15) is 5.48 Å². The maximum absolute atomic E-state index is 11.6. The van der Waals surface area contributed by atoms with Gasteiger partial charge in [-0.1, -0.05) is 0 Å². The highest BCUT2D eigenvalue weighted by Crippen LogP contribution is 2.37. The molecule has 0 saturated heterocycles. The number of phenols is 1. The lowest BCUT2D eigenvalue weighted by Crippen LogP contribution is -2.42. The van der Waals surface area contributed by atoms with Crippen LogP contribution in [-0.2, 0) is 16.1 Å². The number of aliphatic carboxylic acids is 1. The van der Waals surface area contributed by atoms with Crippen molar-refractivity contribution in [3.63, 3.8) is 0 Å². The number of carbonyl (C=O) groups is 1. The number of carboxylic acid groups (broad SMARTS) is 1. The van der Waals surface area contributed by atoms with E-state index >= 15 is 0 Å². The molecule has 0 unspecified atom stereocenters. The van der Waals surface area contributed by atoms with Gasteiger partial charge >= 0.3 is 5.97 Å². The molecule has 158 valence electrons. The van der Waals surface area contributed by atoms with Crippen molar-refractivity contribution in [3.05, 3.63) is 44.1 Å². The minimum Gasteiger partial charge on any atom is -0.506 e. The van der Waals surface area contributed by atoms with E-state index in [9.17, 15) is 15.0 Å². The van der Waals surface area contributed by atoms with E-state index < -0.39 is 17.6 Å². The van der Waals surface area contributed by atoms with Crippen LogP contribution in [0.25, 0.3) is 0 Å². The fourth-order valence-electron chi connectivity index (χ4n) is 2.21. The van der Waals surface area contributed by atoms with Crippen LogP contribution in [0.3, 0.4) is 0 Å². The molecule has 3 N–H and O–H groups in total. The Morgan fingerprint density at radius 2 is 1.55 bits per heavy atom. The molecule has 0 radical (unpaired) electrons. The van der Waals surface area contributed by atoms with Crippen LogP contribution in [0.1, 0.15) is 26.3 Å². The smallest absolute Gasteiger partial charge is 0.323 e. The van der Waals surface area contributed by atoms with Gasteiger partial charge in [0.05, 0.1) is 19.9 Å². The maximum Gasteiger partial charge on any atom is 0.323 e. The van der Waals surface area contributed by atoms with Crippen LogP contribution < -0.4 is 10.2 Å². The first kappa shape index (κ1) is 25.6. The number of benzene rings is 2. The highest BCUT2D eigenvalue weighted by Gasteiger charge is 2.22. The number of nitrogens with one attached hydrogen (secondary N) is 1. The Balaban J connectivity index is 2.23. The molecule has 0 aliphatic rings. The number of hydrogen-bond acceptors (Lipinski definition) is 5. The molecule has 0 saturated carbocycles. The summed E-state index contributed by atoms with van der Waals surface area (Å²) in [6.07, 6.45) is 0.271. The van der Waals surface area contributed by atoms with Crippen LogP contribution >= 0.6 is 90.4 Å². The normalized spacial score (nSPS) is 12.7. The highest BCUT2D eigenvalue weighted by molar-refractivity contribution is 14.1. The summed E-state index contributed by atoms with van der Waals surface area (Å²) < 4.78 is 9.21. The molecule has 10 heteroatoms. The molecular weight excluding hydrogens is 830 g/mol. The fourth-order valence-corrected chi connectivity index (χ4v) is 6.04. The first-order valence-corrected chi connectivity index (χ1v) is 12.7. The summed E-state index contributed by atoms with van der Waals surface area (Å²) >= 11 is 8.48. The van der Waals surface area contributed by atoms with Gasteiger partial charge in [0.15, 0.2) is 5.75 Å². The van der Waals surface area contributed by atoms with E-state index in [1.54, 1.807) is 12.1 Å². The number of hydroxylamine groups is 1. The predicted molar refractivity (Wildman–Crippen MR) is 145 cm³/mol. The third-order valence-electron chi connectivity index (χ3n) is 3.51. The van der Waals surface area contributed by atoms with Gasteiger partial charge in [0.25, 0.3) is 0 Å². The predicted octanol–water partition coefficient (Wildman–Crippen LogP) is 5.92. The zero-order valence-corrected chi connectivity index (χ0v) is 24.4.